The van der Waals surface area contributed by atoms with Gasteiger partial charge in [0, 0.05) is 30.6 Å². The summed E-state index contributed by atoms with van der Waals surface area (Å²) in [5.41, 5.74) is 1.19. The van der Waals surface area contributed by atoms with Crippen molar-refractivity contribution in [3.05, 3.63) is 33.4 Å². The fraction of sp³-hybridized carbons (Fsp3) is 0.625. The number of likely N-dealkylation sites (N-methyl/N-ethyl adjacent to an activating group) is 1. The van der Waals surface area contributed by atoms with Gasteiger partial charge in [-0.05, 0) is 34.2 Å². The summed E-state index contributed by atoms with van der Waals surface area (Å²) in [5, 5.41) is 1.17. The van der Waals surface area contributed by atoms with Gasteiger partial charge in [-0.1, -0.05) is 0 Å². The normalized spacial score (nSPS) is 19.4. The van der Waals surface area contributed by atoms with E-state index in [2.05, 4.69) is 40.7 Å². The van der Waals surface area contributed by atoms with Crippen molar-refractivity contribution < 1.29 is 4.42 Å². The highest BCUT2D eigenvalue weighted by atomic mass is 32.1. The van der Waals surface area contributed by atoms with Crippen molar-refractivity contribution in [3.8, 4) is 0 Å². The van der Waals surface area contributed by atoms with Crippen LogP contribution in [0.15, 0.2) is 10.6 Å². The minimum Gasteiger partial charge on any atom is -0.445 e. The van der Waals surface area contributed by atoms with E-state index in [4.69, 9.17) is 4.42 Å². The monoisotopic (exact) mass is 320 g/mol. The van der Waals surface area contributed by atoms with E-state index in [1.165, 1.54) is 22.0 Å². The molecular formula is C16H24N4OS. The molecule has 1 aliphatic rings. The summed E-state index contributed by atoms with van der Waals surface area (Å²) >= 11 is 1.82. The Bertz CT molecular complexity index is 636. The van der Waals surface area contributed by atoms with Gasteiger partial charge in [0.2, 0.25) is 5.89 Å². The first-order valence-electron chi connectivity index (χ1n) is 7.78. The van der Waals surface area contributed by atoms with E-state index in [0.717, 1.165) is 37.8 Å². The maximum Gasteiger partial charge on any atom is 0.208 e. The Kier molecular flexibility index (Phi) is 4.61. The van der Waals surface area contributed by atoms with Gasteiger partial charge in [-0.25, -0.2) is 9.97 Å². The average molecular weight is 320 g/mol. The molecule has 3 rings (SSSR count). The molecule has 2 aromatic heterocycles. The third-order valence-corrected chi connectivity index (χ3v) is 5.35. The zero-order chi connectivity index (χ0) is 15.7. The highest BCUT2D eigenvalue weighted by Gasteiger charge is 2.27. The molecule has 22 heavy (non-hydrogen) atoms. The van der Waals surface area contributed by atoms with Crippen molar-refractivity contribution in [1.29, 1.82) is 0 Å². The van der Waals surface area contributed by atoms with Crippen molar-refractivity contribution in [3.63, 3.8) is 0 Å². The molecule has 0 aliphatic carbocycles. The van der Waals surface area contributed by atoms with Gasteiger partial charge in [-0.15, -0.1) is 11.3 Å². The summed E-state index contributed by atoms with van der Waals surface area (Å²) in [5.74, 6) is 1.69. The van der Waals surface area contributed by atoms with Crippen LogP contribution in [-0.2, 0) is 13.1 Å². The predicted octanol–water partition coefficient (Wildman–Crippen LogP) is 2.76. The van der Waals surface area contributed by atoms with Gasteiger partial charge < -0.3 is 4.42 Å². The van der Waals surface area contributed by atoms with E-state index in [-0.39, 0.29) is 0 Å². The molecule has 0 aromatic carbocycles. The molecule has 120 valence electrons. The van der Waals surface area contributed by atoms with E-state index in [1.807, 2.05) is 18.3 Å². The molecule has 3 heterocycles. The topological polar surface area (TPSA) is 45.4 Å². The molecule has 0 spiro atoms. The molecule has 0 bridgehead atoms. The van der Waals surface area contributed by atoms with Gasteiger partial charge in [0.25, 0.3) is 0 Å². The summed E-state index contributed by atoms with van der Waals surface area (Å²) in [6.45, 7) is 10.2. The number of hydrogen-bond donors (Lipinski definition) is 0. The molecule has 0 N–H and O–H groups in total. The third kappa shape index (κ3) is 3.56. The molecule has 0 saturated carbocycles. The van der Waals surface area contributed by atoms with Crippen LogP contribution in [0.25, 0.3) is 0 Å². The SMILES string of the molecule is Cc1cnc(CN(C)[C@H]2CCN(Cc3sc(C)nc3C)C2)o1. The summed E-state index contributed by atoms with van der Waals surface area (Å²) in [7, 11) is 2.16. The van der Waals surface area contributed by atoms with Crippen molar-refractivity contribution in [2.24, 2.45) is 0 Å². The van der Waals surface area contributed by atoms with Crippen LogP contribution in [0.4, 0.5) is 0 Å². The van der Waals surface area contributed by atoms with Crippen LogP contribution in [0.3, 0.4) is 0 Å². The third-order valence-electron chi connectivity index (χ3n) is 4.29. The number of aryl methyl sites for hydroxylation is 3. The van der Waals surface area contributed by atoms with Gasteiger partial charge in [-0.3, -0.25) is 9.80 Å². The average Bonchev–Trinajstić information content (AvgIpc) is 3.13. The van der Waals surface area contributed by atoms with Crippen molar-refractivity contribution in [2.45, 2.75) is 46.3 Å². The highest BCUT2D eigenvalue weighted by Crippen LogP contribution is 2.23. The Hall–Kier alpha value is -1.24. The molecule has 6 heteroatoms. The predicted molar refractivity (Wildman–Crippen MR) is 88.0 cm³/mol. The Morgan fingerprint density at radius 2 is 2.23 bits per heavy atom. The number of aromatic nitrogens is 2. The second kappa shape index (κ2) is 6.48. The first-order valence-corrected chi connectivity index (χ1v) is 8.59. The van der Waals surface area contributed by atoms with E-state index >= 15 is 0 Å². The number of thiazole rings is 1. The van der Waals surface area contributed by atoms with E-state index in [1.54, 1.807) is 6.20 Å². The number of oxazole rings is 1. The number of rotatable bonds is 5. The lowest BCUT2D eigenvalue weighted by Gasteiger charge is -2.23. The van der Waals surface area contributed by atoms with Crippen LogP contribution in [-0.4, -0.2) is 45.9 Å². The van der Waals surface area contributed by atoms with Gasteiger partial charge in [0.05, 0.1) is 23.4 Å². The molecule has 0 amide bonds. The Balaban J connectivity index is 1.54. The smallest absolute Gasteiger partial charge is 0.208 e. The molecule has 1 aliphatic heterocycles. The lowest BCUT2D eigenvalue weighted by molar-refractivity contribution is 0.204. The zero-order valence-corrected chi connectivity index (χ0v) is 14.6. The van der Waals surface area contributed by atoms with Crippen molar-refractivity contribution in [2.75, 3.05) is 20.1 Å². The molecule has 5 nitrogen and oxygen atoms in total. The highest BCUT2D eigenvalue weighted by molar-refractivity contribution is 7.11. The van der Waals surface area contributed by atoms with Crippen LogP contribution < -0.4 is 0 Å². The van der Waals surface area contributed by atoms with E-state index in [0.29, 0.717) is 6.04 Å². The van der Waals surface area contributed by atoms with Crippen molar-refractivity contribution in [1.82, 2.24) is 19.8 Å². The lowest BCUT2D eigenvalue weighted by atomic mass is 10.2. The fourth-order valence-corrected chi connectivity index (χ4v) is 4.04. The largest absolute Gasteiger partial charge is 0.445 e. The Morgan fingerprint density at radius 3 is 2.86 bits per heavy atom. The summed E-state index contributed by atoms with van der Waals surface area (Å²) in [6, 6.07) is 0.571. The van der Waals surface area contributed by atoms with Crippen LogP contribution in [0.5, 0.6) is 0 Å². The lowest BCUT2D eigenvalue weighted by Crippen LogP contribution is -2.34. The summed E-state index contributed by atoms with van der Waals surface area (Å²) in [6.07, 6.45) is 2.99. The second-order valence-electron chi connectivity index (χ2n) is 6.20. The minimum absolute atomic E-state index is 0.571. The van der Waals surface area contributed by atoms with Crippen LogP contribution in [0, 0.1) is 20.8 Å². The van der Waals surface area contributed by atoms with Crippen LogP contribution >= 0.6 is 11.3 Å². The van der Waals surface area contributed by atoms with Crippen LogP contribution in [0.2, 0.25) is 0 Å². The zero-order valence-electron chi connectivity index (χ0n) is 13.8. The second-order valence-corrected chi connectivity index (χ2v) is 7.49. The minimum atomic E-state index is 0.571. The Labute approximate surface area is 136 Å². The van der Waals surface area contributed by atoms with E-state index in [9.17, 15) is 0 Å². The molecule has 1 fully saturated rings. The molecule has 0 unspecified atom stereocenters. The molecule has 0 radical (unpaired) electrons. The number of hydrogen-bond acceptors (Lipinski definition) is 6. The number of nitrogens with zero attached hydrogens (tertiary/aromatic N) is 4. The van der Waals surface area contributed by atoms with Gasteiger partial charge in [0.15, 0.2) is 0 Å². The standard InChI is InChI=1S/C16H24N4OS/c1-11-7-17-16(21-11)10-19(4)14-5-6-20(8-14)9-15-12(2)18-13(3)22-15/h7,14H,5-6,8-10H2,1-4H3/t14-/m0/s1. The molecule has 1 saturated heterocycles. The fourth-order valence-electron chi connectivity index (χ4n) is 3.06. The maximum atomic E-state index is 5.58. The maximum absolute atomic E-state index is 5.58. The van der Waals surface area contributed by atoms with Gasteiger partial charge in [0.1, 0.15) is 5.76 Å². The first-order chi connectivity index (χ1) is 10.5. The van der Waals surface area contributed by atoms with Crippen LogP contribution in [0.1, 0.15) is 33.7 Å². The first kappa shape index (κ1) is 15.6. The van der Waals surface area contributed by atoms with Gasteiger partial charge in [-0.2, -0.15) is 0 Å². The summed E-state index contributed by atoms with van der Waals surface area (Å²) in [4.78, 5) is 15.1. The molecule has 1 atom stereocenters. The molecular weight excluding hydrogens is 296 g/mol. The van der Waals surface area contributed by atoms with Gasteiger partial charge >= 0.3 is 0 Å². The van der Waals surface area contributed by atoms with Crippen molar-refractivity contribution >= 4 is 11.3 Å². The number of likely N-dealkylation sites (tertiary alicyclic amines) is 1. The van der Waals surface area contributed by atoms with E-state index < -0.39 is 0 Å². The Morgan fingerprint density at radius 1 is 1.41 bits per heavy atom. The summed E-state index contributed by atoms with van der Waals surface area (Å²) < 4.78 is 5.58. The molecule has 2 aromatic rings. The quantitative estimate of drug-likeness (QED) is 0.847.